The molecule has 1 aliphatic carbocycles. The highest BCUT2D eigenvalue weighted by molar-refractivity contribution is 5.80. The predicted octanol–water partition coefficient (Wildman–Crippen LogP) is 0.356. The van der Waals surface area contributed by atoms with Crippen LogP contribution in [0.15, 0.2) is 4.99 Å². The standard InChI is InChI=1S/C8H18N4/c1-6(2)10-7(12-9)11-8(3)4-5-8/h6H,4-5,9H2,1-3H3,(H2,10,11,12). The summed E-state index contributed by atoms with van der Waals surface area (Å²) in [5.74, 6) is 6.01. The van der Waals surface area contributed by atoms with Crippen molar-refractivity contribution >= 4 is 5.96 Å². The van der Waals surface area contributed by atoms with Crippen molar-refractivity contribution in [1.29, 1.82) is 0 Å². The molecule has 4 nitrogen and oxygen atoms in total. The molecule has 4 N–H and O–H groups in total. The minimum Gasteiger partial charge on any atom is -0.350 e. The summed E-state index contributed by atoms with van der Waals surface area (Å²) < 4.78 is 0. The van der Waals surface area contributed by atoms with E-state index in [1.54, 1.807) is 0 Å². The summed E-state index contributed by atoms with van der Waals surface area (Å²) >= 11 is 0. The largest absolute Gasteiger partial charge is 0.350 e. The van der Waals surface area contributed by atoms with Gasteiger partial charge in [-0.25, -0.2) is 10.8 Å². The molecule has 70 valence electrons. The van der Waals surface area contributed by atoms with Crippen LogP contribution in [-0.4, -0.2) is 17.5 Å². The second-order valence-corrected chi connectivity index (χ2v) is 3.90. The highest BCUT2D eigenvalue weighted by Crippen LogP contribution is 2.33. The summed E-state index contributed by atoms with van der Waals surface area (Å²) in [7, 11) is 0. The number of hydrazine groups is 1. The van der Waals surface area contributed by atoms with E-state index in [9.17, 15) is 0 Å². The van der Waals surface area contributed by atoms with Gasteiger partial charge < -0.3 is 5.32 Å². The maximum absolute atomic E-state index is 5.31. The maximum atomic E-state index is 5.31. The van der Waals surface area contributed by atoms with Crippen LogP contribution in [0.5, 0.6) is 0 Å². The Kier molecular flexibility index (Phi) is 2.57. The SMILES string of the molecule is CC(C)N=C(NN)NC1(C)CC1. The lowest BCUT2D eigenvalue weighted by Gasteiger charge is -2.15. The van der Waals surface area contributed by atoms with Crippen molar-refractivity contribution < 1.29 is 0 Å². The smallest absolute Gasteiger partial charge is 0.206 e. The first-order chi connectivity index (χ1) is 5.56. The number of hydrogen-bond acceptors (Lipinski definition) is 2. The molecule has 1 fully saturated rings. The van der Waals surface area contributed by atoms with Crippen molar-refractivity contribution in [1.82, 2.24) is 10.7 Å². The topological polar surface area (TPSA) is 62.4 Å². The van der Waals surface area contributed by atoms with Crippen LogP contribution in [0.2, 0.25) is 0 Å². The molecule has 0 bridgehead atoms. The average molecular weight is 170 g/mol. The molecular weight excluding hydrogens is 152 g/mol. The number of rotatable bonds is 2. The number of aliphatic imine (C=N–C) groups is 1. The van der Waals surface area contributed by atoms with E-state index in [0.29, 0.717) is 5.96 Å². The van der Waals surface area contributed by atoms with Crippen molar-refractivity contribution in [2.75, 3.05) is 0 Å². The zero-order valence-electron chi connectivity index (χ0n) is 8.02. The minimum atomic E-state index is 0.236. The van der Waals surface area contributed by atoms with Crippen LogP contribution < -0.4 is 16.6 Å². The Labute approximate surface area is 73.6 Å². The van der Waals surface area contributed by atoms with Crippen LogP contribution in [0.3, 0.4) is 0 Å². The second kappa shape index (κ2) is 3.31. The number of nitrogens with two attached hydrogens (primary N) is 1. The number of hydrogen-bond donors (Lipinski definition) is 3. The molecule has 12 heavy (non-hydrogen) atoms. The summed E-state index contributed by atoms with van der Waals surface area (Å²) in [4.78, 5) is 4.29. The molecule has 4 heteroatoms. The van der Waals surface area contributed by atoms with Crippen molar-refractivity contribution in [3.63, 3.8) is 0 Å². The van der Waals surface area contributed by atoms with Gasteiger partial charge >= 0.3 is 0 Å². The van der Waals surface area contributed by atoms with E-state index in [4.69, 9.17) is 5.84 Å². The van der Waals surface area contributed by atoms with Gasteiger partial charge in [-0.15, -0.1) is 0 Å². The molecule has 0 aromatic carbocycles. The molecule has 0 saturated heterocycles. The van der Waals surface area contributed by atoms with Gasteiger partial charge in [-0.1, -0.05) is 0 Å². The van der Waals surface area contributed by atoms with E-state index < -0.39 is 0 Å². The summed E-state index contributed by atoms with van der Waals surface area (Å²) in [5, 5.41) is 3.26. The summed E-state index contributed by atoms with van der Waals surface area (Å²) in [5.41, 5.74) is 2.81. The minimum absolute atomic E-state index is 0.236. The van der Waals surface area contributed by atoms with E-state index in [2.05, 4.69) is 22.7 Å². The molecule has 0 amide bonds. The number of nitrogens with one attached hydrogen (secondary N) is 2. The van der Waals surface area contributed by atoms with Crippen LogP contribution in [0.1, 0.15) is 33.6 Å². The fourth-order valence-corrected chi connectivity index (χ4v) is 0.962. The molecular formula is C8H18N4. The van der Waals surface area contributed by atoms with E-state index in [1.165, 1.54) is 12.8 Å². The molecule has 0 spiro atoms. The van der Waals surface area contributed by atoms with E-state index in [1.807, 2.05) is 13.8 Å². The zero-order valence-corrected chi connectivity index (χ0v) is 8.02. The molecule has 1 aliphatic rings. The van der Waals surface area contributed by atoms with Crippen LogP contribution in [0.4, 0.5) is 0 Å². The van der Waals surface area contributed by atoms with Gasteiger partial charge in [-0.2, -0.15) is 0 Å². The van der Waals surface area contributed by atoms with Gasteiger partial charge in [0.15, 0.2) is 0 Å². The number of nitrogens with zero attached hydrogens (tertiary/aromatic N) is 1. The average Bonchev–Trinajstić information content (AvgIpc) is 2.66. The van der Waals surface area contributed by atoms with Gasteiger partial charge in [0.25, 0.3) is 0 Å². The molecule has 0 atom stereocenters. The highest BCUT2D eigenvalue weighted by atomic mass is 15.4. The Morgan fingerprint density at radius 3 is 2.42 bits per heavy atom. The lowest BCUT2D eigenvalue weighted by molar-refractivity contribution is 0.638. The van der Waals surface area contributed by atoms with Gasteiger partial charge in [0.1, 0.15) is 0 Å². The first-order valence-electron chi connectivity index (χ1n) is 4.38. The molecule has 0 radical (unpaired) electrons. The third-order valence-electron chi connectivity index (χ3n) is 1.94. The van der Waals surface area contributed by atoms with E-state index in [-0.39, 0.29) is 11.6 Å². The lowest BCUT2D eigenvalue weighted by Crippen LogP contribution is -2.47. The van der Waals surface area contributed by atoms with Crippen LogP contribution >= 0.6 is 0 Å². The van der Waals surface area contributed by atoms with Gasteiger partial charge in [0.2, 0.25) is 5.96 Å². The lowest BCUT2D eigenvalue weighted by atomic mass is 10.3. The van der Waals surface area contributed by atoms with E-state index >= 15 is 0 Å². The van der Waals surface area contributed by atoms with Gasteiger partial charge in [0.05, 0.1) is 0 Å². The fourth-order valence-electron chi connectivity index (χ4n) is 0.962. The highest BCUT2D eigenvalue weighted by Gasteiger charge is 2.37. The quantitative estimate of drug-likeness (QED) is 0.243. The first kappa shape index (κ1) is 9.32. The molecule has 1 saturated carbocycles. The molecule has 0 heterocycles. The fraction of sp³-hybridized carbons (Fsp3) is 0.875. The van der Waals surface area contributed by atoms with Crippen molar-refractivity contribution in [3.8, 4) is 0 Å². The summed E-state index contributed by atoms with van der Waals surface area (Å²) in [6.07, 6.45) is 2.40. The Hall–Kier alpha value is -0.770. The molecule has 0 aromatic rings. The number of guanidine groups is 1. The van der Waals surface area contributed by atoms with Gasteiger partial charge in [0, 0.05) is 11.6 Å². The molecule has 0 unspecified atom stereocenters. The van der Waals surface area contributed by atoms with Crippen molar-refractivity contribution in [3.05, 3.63) is 0 Å². The van der Waals surface area contributed by atoms with E-state index in [0.717, 1.165) is 0 Å². The summed E-state index contributed by atoms with van der Waals surface area (Å²) in [6.45, 7) is 6.21. The maximum Gasteiger partial charge on any atom is 0.206 e. The van der Waals surface area contributed by atoms with Crippen LogP contribution in [-0.2, 0) is 0 Å². The van der Waals surface area contributed by atoms with Crippen molar-refractivity contribution in [2.24, 2.45) is 10.8 Å². The van der Waals surface area contributed by atoms with Crippen molar-refractivity contribution in [2.45, 2.75) is 45.2 Å². The Bertz CT molecular complexity index is 181. The Morgan fingerprint density at radius 2 is 2.08 bits per heavy atom. The summed E-state index contributed by atoms with van der Waals surface area (Å²) in [6, 6.07) is 0.269. The molecule has 0 aliphatic heterocycles. The van der Waals surface area contributed by atoms with Crippen LogP contribution in [0.25, 0.3) is 0 Å². The van der Waals surface area contributed by atoms with Crippen LogP contribution in [0, 0.1) is 0 Å². The Morgan fingerprint density at radius 1 is 1.50 bits per heavy atom. The predicted molar refractivity (Wildman–Crippen MR) is 50.7 cm³/mol. The second-order valence-electron chi connectivity index (χ2n) is 3.90. The zero-order chi connectivity index (χ0) is 9.19. The first-order valence-corrected chi connectivity index (χ1v) is 4.38. The molecule has 0 aromatic heterocycles. The normalized spacial score (nSPS) is 20.9. The monoisotopic (exact) mass is 170 g/mol. The van der Waals surface area contributed by atoms with Gasteiger partial charge in [-0.3, -0.25) is 5.43 Å². The molecule has 1 rings (SSSR count). The Balaban J connectivity index is 2.45. The third-order valence-corrected chi connectivity index (χ3v) is 1.94. The third kappa shape index (κ3) is 2.70. The van der Waals surface area contributed by atoms with Gasteiger partial charge in [-0.05, 0) is 33.6 Å².